The fraction of sp³-hybridized carbons (Fsp3) is 0.250. The van der Waals surface area contributed by atoms with E-state index in [2.05, 4.69) is 45.1 Å². The number of benzene rings is 2. The highest BCUT2D eigenvalue weighted by molar-refractivity contribution is 5.68. The van der Waals surface area contributed by atoms with Crippen LogP contribution in [0.5, 0.6) is 0 Å². The Bertz CT molecular complexity index is 863. The first-order chi connectivity index (χ1) is 11.8. The highest BCUT2D eigenvalue weighted by Gasteiger charge is 2.20. The Kier molecular flexibility index (Phi) is 3.84. The zero-order valence-electron chi connectivity index (χ0n) is 13.4. The van der Waals surface area contributed by atoms with Crippen LogP contribution in [0.15, 0.2) is 54.9 Å². The lowest BCUT2D eigenvalue weighted by Gasteiger charge is -2.13. The summed E-state index contributed by atoms with van der Waals surface area (Å²) in [6.07, 6.45) is 6.88. The molecule has 0 aliphatic heterocycles. The Morgan fingerprint density at radius 2 is 1.46 bits per heavy atom. The van der Waals surface area contributed by atoms with Crippen LogP contribution in [0.3, 0.4) is 0 Å². The second kappa shape index (κ2) is 6.29. The van der Waals surface area contributed by atoms with Crippen LogP contribution in [-0.4, -0.2) is 14.8 Å². The lowest BCUT2D eigenvalue weighted by atomic mass is 10.0. The maximum atomic E-state index is 8.89. The molecule has 0 radical (unpaired) electrons. The van der Waals surface area contributed by atoms with Crippen molar-refractivity contribution in [3.63, 3.8) is 0 Å². The van der Waals surface area contributed by atoms with Gasteiger partial charge in [0.1, 0.15) is 6.33 Å². The molecule has 1 heterocycles. The molecule has 1 fully saturated rings. The summed E-state index contributed by atoms with van der Waals surface area (Å²) in [5.74, 6) is 0.952. The van der Waals surface area contributed by atoms with Gasteiger partial charge in [-0.25, -0.2) is 0 Å². The molecule has 4 heteroatoms. The molecule has 0 N–H and O–H groups in total. The molecule has 1 aromatic heterocycles. The zero-order valence-corrected chi connectivity index (χ0v) is 13.4. The third-order valence-electron chi connectivity index (χ3n) is 4.78. The van der Waals surface area contributed by atoms with E-state index in [0.717, 1.165) is 22.5 Å². The van der Waals surface area contributed by atoms with Gasteiger partial charge in [0.15, 0.2) is 5.82 Å². The van der Waals surface area contributed by atoms with E-state index in [1.165, 1.54) is 25.7 Å². The van der Waals surface area contributed by atoms with Gasteiger partial charge in [-0.05, 0) is 36.1 Å². The van der Waals surface area contributed by atoms with Gasteiger partial charge in [-0.2, -0.15) is 5.26 Å². The number of hydrogen-bond donors (Lipinski definition) is 0. The largest absolute Gasteiger partial charge is 0.310 e. The molecule has 1 aliphatic rings. The van der Waals surface area contributed by atoms with E-state index in [0.29, 0.717) is 11.6 Å². The standard InChI is InChI=1S/C20H18N4/c21-13-15-5-7-16(8-6-15)17-9-11-18(12-10-17)20-23-22-14-24(20)19-3-1-2-4-19/h5-12,14,19H,1-4H2. The molecule has 1 aliphatic carbocycles. The number of aromatic nitrogens is 3. The van der Waals surface area contributed by atoms with Gasteiger partial charge in [0, 0.05) is 11.6 Å². The van der Waals surface area contributed by atoms with Crippen molar-refractivity contribution >= 4 is 0 Å². The molecule has 0 spiro atoms. The molecule has 0 bridgehead atoms. The number of nitrogens with zero attached hydrogens (tertiary/aromatic N) is 4. The van der Waals surface area contributed by atoms with Crippen molar-refractivity contribution in [1.29, 1.82) is 5.26 Å². The van der Waals surface area contributed by atoms with Crippen molar-refractivity contribution in [1.82, 2.24) is 14.8 Å². The lowest BCUT2D eigenvalue weighted by Crippen LogP contribution is -2.05. The highest BCUT2D eigenvalue weighted by atomic mass is 15.3. The van der Waals surface area contributed by atoms with E-state index in [1.54, 1.807) is 0 Å². The highest BCUT2D eigenvalue weighted by Crippen LogP contribution is 2.33. The fourth-order valence-electron chi connectivity index (χ4n) is 3.45. The predicted octanol–water partition coefficient (Wildman–Crippen LogP) is 4.60. The first-order valence-corrected chi connectivity index (χ1v) is 8.35. The molecule has 1 saturated carbocycles. The average Bonchev–Trinajstić information content (AvgIpc) is 3.33. The molecule has 0 atom stereocenters. The molecular weight excluding hydrogens is 296 g/mol. The van der Waals surface area contributed by atoms with E-state index in [4.69, 9.17) is 5.26 Å². The normalized spacial score (nSPS) is 14.6. The summed E-state index contributed by atoms with van der Waals surface area (Å²) < 4.78 is 2.23. The summed E-state index contributed by atoms with van der Waals surface area (Å²) in [4.78, 5) is 0. The molecular formula is C20H18N4. The monoisotopic (exact) mass is 314 g/mol. The molecule has 24 heavy (non-hydrogen) atoms. The van der Waals surface area contributed by atoms with Gasteiger partial charge >= 0.3 is 0 Å². The molecule has 0 unspecified atom stereocenters. The van der Waals surface area contributed by atoms with Crippen LogP contribution in [0.4, 0.5) is 0 Å². The Morgan fingerprint density at radius 3 is 2.08 bits per heavy atom. The van der Waals surface area contributed by atoms with E-state index < -0.39 is 0 Å². The van der Waals surface area contributed by atoms with Crippen molar-refractivity contribution < 1.29 is 0 Å². The summed E-state index contributed by atoms with van der Waals surface area (Å²) in [6.45, 7) is 0. The predicted molar refractivity (Wildman–Crippen MR) is 93.1 cm³/mol. The first kappa shape index (κ1) is 14.6. The molecule has 4 nitrogen and oxygen atoms in total. The van der Waals surface area contributed by atoms with Crippen LogP contribution in [0, 0.1) is 11.3 Å². The SMILES string of the molecule is N#Cc1ccc(-c2ccc(-c3nncn3C3CCCC3)cc2)cc1. The summed E-state index contributed by atoms with van der Waals surface area (Å²) in [5.41, 5.74) is 4.02. The Morgan fingerprint density at radius 1 is 0.875 bits per heavy atom. The zero-order chi connectivity index (χ0) is 16.4. The van der Waals surface area contributed by atoms with Gasteiger partial charge in [0.05, 0.1) is 11.6 Å². The first-order valence-electron chi connectivity index (χ1n) is 8.35. The second-order valence-corrected chi connectivity index (χ2v) is 6.27. The Labute approximate surface area is 141 Å². The van der Waals surface area contributed by atoms with Crippen LogP contribution in [0.1, 0.15) is 37.3 Å². The van der Waals surface area contributed by atoms with Crippen molar-refractivity contribution in [2.45, 2.75) is 31.7 Å². The van der Waals surface area contributed by atoms with E-state index in [-0.39, 0.29) is 0 Å². The van der Waals surface area contributed by atoms with Crippen molar-refractivity contribution in [2.75, 3.05) is 0 Å². The molecule has 0 amide bonds. The molecule has 118 valence electrons. The summed E-state index contributed by atoms with van der Waals surface area (Å²) in [6, 6.07) is 18.7. The number of hydrogen-bond acceptors (Lipinski definition) is 3. The minimum absolute atomic E-state index is 0.535. The second-order valence-electron chi connectivity index (χ2n) is 6.27. The maximum Gasteiger partial charge on any atom is 0.164 e. The van der Waals surface area contributed by atoms with E-state index >= 15 is 0 Å². The fourth-order valence-corrected chi connectivity index (χ4v) is 3.45. The smallest absolute Gasteiger partial charge is 0.164 e. The summed E-state index contributed by atoms with van der Waals surface area (Å²) >= 11 is 0. The summed E-state index contributed by atoms with van der Waals surface area (Å²) in [5, 5.41) is 17.3. The van der Waals surface area contributed by atoms with Crippen LogP contribution in [0.2, 0.25) is 0 Å². The van der Waals surface area contributed by atoms with Gasteiger partial charge in [0.25, 0.3) is 0 Å². The quantitative estimate of drug-likeness (QED) is 0.710. The van der Waals surface area contributed by atoms with Crippen molar-refractivity contribution in [2.24, 2.45) is 0 Å². The van der Waals surface area contributed by atoms with Gasteiger partial charge in [-0.1, -0.05) is 49.2 Å². The van der Waals surface area contributed by atoms with Crippen molar-refractivity contribution in [3.05, 3.63) is 60.4 Å². The third kappa shape index (κ3) is 2.69. The van der Waals surface area contributed by atoms with Gasteiger partial charge < -0.3 is 4.57 Å². The van der Waals surface area contributed by atoms with Crippen LogP contribution in [-0.2, 0) is 0 Å². The Balaban J connectivity index is 1.62. The third-order valence-corrected chi connectivity index (χ3v) is 4.78. The van der Waals surface area contributed by atoms with Crippen LogP contribution >= 0.6 is 0 Å². The van der Waals surface area contributed by atoms with Crippen molar-refractivity contribution in [3.8, 4) is 28.6 Å². The Hall–Kier alpha value is -2.93. The minimum atomic E-state index is 0.535. The van der Waals surface area contributed by atoms with Crippen LogP contribution < -0.4 is 0 Å². The van der Waals surface area contributed by atoms with Crippen LogP contribution in [0.25, 0.3) is 22.5 Å². The van der Waals surface area contributed by atoms with Gasteiger partial charge in [-0.3, -0.25) is 0 Å². The lowest BCUT2D eigenvalue weighted by molar-refractivity contribution is 0.522. The molecule has 3 aromatic rings. The number of nitriles is 1. The molecule has 2 aromatic carbocycles. The van der Waals surface area contributed by atoms with Gasteiger partial charge in [0.2, 0.25) is 0 Å². The van der Waals surface area contributed by atoms with E-state index in [9.17, 15) is 0 Å². The summed E-state index contributed by atoms with van der Waals surface area (Å²) in [7, 11) is 0. The topological polar surface area (TPSA) is 54.5 Å². The minimum Gasteiger partial charge on any atom is -0.310 e. The average molecular weight is 314 g/mol. The van der Waals surface area contributed by atoms with E-state index in [1.807, 2.05) is 30.6 Å². The maximum absolute atomic E-state index is 8.89. The number of rotatable bonds is 3. The molecule has 0 saturated heterocycles. The molecule has 4 rings (SSSR count). The van der Waals surface area contributed by atoms with Gasteiger partial charge in [-0.15, -0.1) is 10.2 Å².